The first kappa shape index (κ1) is 14.6. The quantitative estimate of drug-likeness (QED) is 0.757. The zero-order valence-electron chi connectivity index (χ0n) is 10.4. The van der Waals surface area contributed by atoms with Gasteiger partial charge in [0.05, 0.1) is 11.4 Å². The SMILES string of the molecule is Cc1cc(CN)ccc1S(=O)(=O)N(C)CC(N)=O. The van der Waals surface area contributed by atoms with E-state index in [0.29, 0.717) is 12.1 Å². The maximum Gasteiger partial charge on any atom is 0.243 e. The summed E-state index contributed by atoms with van der Waals surface area (Å²) in [6, 6.07) is 4.85. The molecule has 18 heavy (non-hydrogen) atoms. The van der Waals surface area contributed by atoms with Crippen LogP contribution in [-0.4, -0.2) is 32.2 Å². The second kappa shape index (κ2) is 5.47. The number of benzene rings is 1. The highest BCUT2D eigenvalue weighted by atomic mass is 32.2. The van der Waals surface area contributed by atoms with Crippen molar-refractivity contribution >= 4 is 15.9 Å². The topological polar surface area (TPSA) is 106 Å². The van der Waals surface area contributed by atoms with E-state index in [1.54, 1.807) is 19.1 Å². The molecule has 0 aliphatic heterocycles. The Morgan fingerprint density at radius 1 is 1.39 bits per heavy atom. The van der Waals surface area contributed by atoms with E-state index in [-0.39, 0.29) is 11.4 Å². The molecular formula is C11H17N3O3S. The Labute approximate surface area is 107 Å². The van der Waals surface area contributed by atoms with Crippen LogP contribution in [0.5, 0.6) is 0 Å². The van der Waals surface area contributed by atoms with Gasteiger partial charge >= 0.3 is 0 Å². The molecule has 0 aromatic heterocycles. The normalized spacial score (nSPS) is 11.8. The van der Waals surface area contributed by atoms with Crippen LogP contribution < -0.4 is 11.5 Å². The van der Waals surface area contributed by atoms with Crippen molar-refractivity contribution in [2.24, 2.45) is 11.5 Å². The number of likely N-dealkylation sites (N-methyl/N-ethyl adjacent to an activating group) is 1. The van der Waals surface area contributed by atoms with E-state index < -0.39 is 15.9 Å². The molecule has 0 fully saturated rings. The molecule has 0 unspecified atom stereocenters. The molecule has 7 heteroatoms. The van der Waals surface area contributed by atoms with Gasteiger partial charge in [-0.3, -0.25) is 4.79 Å². The van der Waals surface area contributed by atoms with Crippen LogP contribution in [0, 0.1) is 6.92 Å². The summed E-state index contributed by atoms with van der Waals surface area (Å²) in [4.78, 5) is 10.9. The van der Waals surface area contributed by atoms with Crippen LogP contribution in [-0.2, 0) is 21.4 Å². The van der Waals surface area contributed by atoms with Crippen LogP contribution in [0.4, 0.5) is 0 Å². The fourth-order valence-corrected chi connectivity index (χ4v) is 2.94. The summed E-state index contributed by atoms with van der Waals surface area (Å²) in [7, 11) is -2.38. The molecule has 0 saturated carbocycles. The lowest BCUT2D eigenvalue weighted by Gasteiger charge is -2.17. The largest absolute Gasteiger partial charge is 0.369 e. The molecule has 1 aromatic carbocycles. The van der Waals surface area contributed by atoms with Gasteiger partial charge in [0.2, 0.25) is 15.9 Å². The summed E-state index contributed by atoms with van der Waals surface area (Å²) >= 11 is 0. The number of sulfonamides is 1. The first-order valence-electron chi connectivity index (χ1n) is 5.33. The van der Waals surface area contributed by atoms with Gasteiger partial charge in [0, 0.05) is 13.6 Å². The Balaban J connectivity index is 3.16. The number of hydrogen-bond donors (Lipinski definition) is 2. The average Bonchev–Trinajstić information content (AvgIpc) is 2.27. The first-order chi connectivity index (χ1) is 8.28. The Morgan fingerprint density at radius 2 is 2.00 bits per heavy atom. The van der Waals surface area contributed by atoms with Gasteiger partial charge in [-0.1, -0.05) is 12.1 Å². The average molecular weight is 271 g/mol. The van der Waals surface area contributed by atoms with Crippen molar-refractivity contribution in [2.45, 2.75) is 18.4 Å². The van der Waals surface area contributed by atoms with Gasteiger partial charge in [-0.2, -0.15) is 4.31 Å². The van der Waals surface area contributed by atoms with E-state index in [9.17, 15) is 13.2 Å². The van der Waals surface area contributed by atoms with Crippen LogP contribution in [0.15, 0.2) is 23.1 Å². The van der Waals surface area contributed by atoms with Gasteiger partial charge in [-0.25, -0.2) is 8.42 Å². The minimum Gasteiger partial charge on any atom is -0.369 e. The highest BCUT2D eigenvalue weighted by Gasteiger charge is 2.23. The van der Waals surface area contributed by atoms with Crippen molar-refractivity contribution in [1.82, 2.24) is 4.31 Å². The fourth-order valence-electron chi connectivity index (χ4n) is 1.60. The van der Waals surface area contributed by atoms with Crippen molar-refractivity contribution in [3.05, 3.63) is 29.3 Å². The number of rotatable bonds is 5. The number of amides is 1. The van der Waals surface area contributed by atoms with E-state index in [4.69, 9.17) is 11.5 Å². The molecule has 0 radical (unpaired) electrons. The van der Waals surface area contributed by atoms with Crippen LogP contribution >= 0.6 is 0 Å². The molecular weight excluding hydrogens is 254 g/mol. The van der Waals surface area contributed by atoms with Crippen LogP contribution in [0.2, 0.25) is 0 Å². The highest BCUT2D eigenvalue weighted by molar-refractivity contribution is 7.89. The number of carbonyl (C=O) groups is 1. The van der Waals surface area contributed by atoms with E-state index in [2.05, 4.69) is 0 Å². The van der Waals surface area contributed by atoms with E-state index >= 15 is 0 Å². The van der Waals surface area contributed by atoms with Crippen LogP contribution in [0.25, 0.3) is 0 Å². The van der Waals surface area contributed by atoms with Gasteiger partial charge < -0.3 is 11.5 Å². The summed E-state index contributed by atoms with van der Waals surface area (Å²) < 4.78 is 25.3. The molecule has 0 bridgehead atoms. The number of aryl methyl sites for hydroxylation is 1. The third kappa shape index (κ3) is 3.06. The maximum absolute atomic E-state index is 12.2. The van der Waals surface area contributed by atoms with Crippen molar-refractivity contribution in [3.8, 4) is 0 Å². The number of primary amides is 1. The maximum atomic E-state index is 12.2. The Bertz CT molecular complexity index is 555. The monoisotopic (exact) mass is 271 g/mol. The first-order valence-corrected chi connectivity index (χ1v) is 6.77. The van der Waals surface area contributed by atoms with Crippen LogP contribution in [0.1, 0.15) is 11.1 Å². The minimum absolute atomic E-state index is 0.156. The number of hydrogen-bond acceptors (Lipinski definition) is 4. The highest BCUT2D eigenvalue weighted by Crippen LogP contribution is 2.19. The number of nitrogens with zero attached hydrogens (tertiary/aromatic N) is 1. The van der Waals surface area contributed by atoms with E-state index in [1.165, 1.54) is 13.1 Å². The lowest BCUT2D eigenvalue weighted by Crippen LogP contribution is -2.35. The Morgan fingerprint density at radius 3 is 2.44 bits per heavy atom. The summed E-state index contributed by atoms with van der Waals surface area (Å²) in [6.45, 7) is 1.68. The molecule has 4 N–H and O–H groups in total. The predicted octanol–water partition coefficient (Wildman–Crippen LogP) is -0.440. The molecule has 1 amide bonds. The molecule has 100 valence electrons. The lowest BCUT2D eigenvalue weighted by molar-refractivity contribution is -0.118. The Hall–Kier alpha value is -1.44. The number of nitrogens with two attached hydrogens (primary N) is 2. The lowest BCUT2D eigenvalue weighted by atomic mass is 10.1. The molecule has 0 saturated heterocycles. The summed E-state index contributed by atoms with van der Waals surface area (Å²) in [5.41, 5.74) is 11.9. The fraction of sp³-hybridized carbons (Fsp3) is 0.364. The van der Waals surface area contributed by atoms with Crippen molar-refractivity contribution in [1.29, 1.82) is 0 Å². The summed E-state index contributed by atoms with van der Waals surface area (Å²) in [5.74, 6) is -0.697. The molecule has 6 nitrogen and oxygen atoms in total. The molecule has 0 heterocycles. The standard InChI is InChI=1S/C11H17N3O3S/c1-8-5-9(6-12)3-4-10(8)18(16,17)14(2)7-11(13)15/h3-5H,6-7,12H2,1-2H3,(H2,13,15). The molecule has 1 rings (SSSR count). The van der Waals surface area contributed by atoms with Crippen molar-refractivity contribution < 1.29 is 13.2 Å². The third-order valence-electron chi connectivity index (χ3n) is 2.54. The summed E-state index contributed by atoms with van der Waals surface area (Å²) in [5, 5.41) is 0. The molecule has 1 aromatic rings. The molecule has 0 spiro atoms. The predicted molar refractivity (Wildman–Crippen MR) is 68.1 cm³/mol. The Kier molecular flexibility index (Phi) is 4.44. The zero-order chi connectivity index (χ0) is 13.9. The van der Waals surface area contributed by atoms with Crippen molar-refractivity contribution in [3.63, 3.8) is 0 Å². The van der Waals surface area contributed by atoms with Gasteiger partial charge in [-0.05, 0) is 24.1 Å². The zero-order valence-corrected chi connectivity index (χ0v) is 11.2. The molecule has 0 atom stereocenters. The molecule has 0 aliphatic carbocycles. The number of carbonyl (C=O) groups excluding carboxylic acids is 1. The van der Waals surface area contributed by atoms with E-state index in [1.807, 2.05) is 0 Å². The van der Waals surface area contributed by atoms with Gasteiger partial charge in [-0.15, -0.1) is 0 Å². The van der Waals surface area contributed by atoms with Gasteiger partial charge in [0.25, 0.3) is 0 Å². The second-order valence-electron chi connectivity index (χ2n) is 4.03. The minimum atomic E-state index is -3.70. The van der Waals surface area contributed by atoms with E-state index in [0.717, 1.165) is 9.87 Å². The van der Waals surface area contributed by atoms with Gasteiger partial charge in [0.15, 0.2) is 0 Å². The summed E-state index contributed by atoms with van der Waals surface area (Å²) in [6.07, 6.45) is 0. The van der Waals surface area contributed by atoms with Crippen molar-refractivity contribution in [2.75, 3.05) is 13.6 Å². The van der Waals surface area contributed by atoms with Gasteiger partial charge in [0.1, 0.15) is 0 Å². The van der Waals surface area contributed by atoms with Crippen LogP contribution in [0.3, 0.4) is 0 Å². The molecule has 0 aliphatic rings. The second-order valence-corrected chi connectivity index (χ2v) is 6.04. The smallest absolute Gasteiger partial charge is 0.243 e. The third-order valence-corrected chi connectivity index (χ3v) is 4.51.